The van der Waals surface area contributed by atoms with Crippen molar-refractivity contribution in [1.29, 1.82) is 0 Å². The molecule has 3 rings (SSSR count). The second kappa shape index (κ2) is 10.8. The first-order valence-electron chi connectivity index (χ1n) is 11.3. The first-order chi connectivity index (χ1) is 15.4. The first kappa shape index (κ1) is 24.1. The summed E-state index contributed by atoms with van der Waals surface area (Å²) in [5.41, 5.74) is 2.39. The molecule has 0 atom stereocenters. The number of piperazine rings is 1. The standard InChI is InChI=1S/C24H34N4O3S/c1-4-6-15-27(5-2)24(29)20-11-12-22(28-16-13-25-14-17-28)21(18-20)26-32(30,31)23-10-8-7-9-19(23)3/h7-12,18,25-26H,4-6,13-17H2,1-3H3. The van der Waals surface area contributed by atoms with Gasteiger partial charge in [0.15, 0.2) is 0 Å². The van der Waals surface area contributed by atoms with Crippen LogP contribution in [0.1, 0.15) is 42.6 Å². The summed E-state index contributed by atoms with van der Waals surface area (Å²) in [7, 11) is -3.80. The largest absolute Gasteiger partial charge is 0.367 e. The van der Waals surface area contributed by atoms with Crippen molar-refractivity contribution in [2.45, 2.75) is 38.5 Å². The van der Waals surface area contributed by atoms with Gasteiger partial charge in [0.2, 0.25) is 0 Å². The lowest BCUT2D eigenvalue weighted by molar-refractivity contribution is 0.0762. The molecular weight excluding hydrogens is 424 g/mol. The number of nitrogens with zero attached hydrogens (tertiary/aromatic N) is 2. The van der Waals surface area contributed by atoms with Crippen molar-refractivity contribution in [3.8, 4) is 0 Å². The molecule has 0 aliphatic carbocycles. The fourth-order valence-corrected chi connectivity index (χ4v) is 5.24. The van der Waals surface area contributed by atoms with Crippen LogP contribution in [-0.2, 0) is 10.0 Å². The zero-order chi connectivity index (χ0) is 23.1. The second-order valence-corrected chi connectivity index (χ2v) is 9.73. The first-order valence-corrected chi connectivity index (χ1v) is 12.8. The van der Waals surface area contributed by atoms with E-state index in [0.717, 1.165) is 44.7 Å². The Kier molecular flexibility index (Phi) is 8.15. The van der Waals surface area contributed by atoms with E-state index in [1.54, 1.807) is 37.3 Å². The van der Waals surface area contributed by atoms with Gasteiger partial charge in [0.1, 0.15) is 0 Å². The number of anilines is 2. The van der Waals surface area contributed by atoms with Crippen LogP contribution in [0.5, 0.6) is 0 Å². The van der Waals surface area contributed by atoms with E-state index in [0.29, 0.717) is 29.9 Å². The van der Waals surface area contributed by atoms with Gasteiger partial charge in [0, 0.05) is 44.8 Å². The maximum Gasteiger partial charge on any atom is 0.262 e. The Balaban J connectivity index is 1.99. The number of sulfonamides is 1. The SMILES string of the molecule is CCCCN(CC)C(=O)c1ccc(N2CCNCC2)c(NS(=O)(=O)c2ccccc2C)c1. The number of amides is 1. The Labute approximate surface area is 191 Å². The Bertz CT molecular complexity index is 1030. The minimum atomic E-state index is -3.80. The van der Waals surface area contributed by atoms with Gasteiger partial charge < -0.3 is 15.1 Å². The van der Waals surface area contributed by atoms with Gasteiger partial charge in [-0.3, -0.25) is 9.52 Å². The molecule has 32 heavy (non-hydrogen) atoms. The smallest absolute Gasteiger partial charge is 0.262 e. The minimum Gasteiger partial charge on any atom is -0.367 e. The molecule has 7 nitrogen and oxygen atoms in total. The number of carbonyl (C=O) groups excluding carboxylic acids is 1. The van der Waals surface area contributed by atoms with Crippen molar-refractivity contribution >= 4 is 27.3 Å². The van der Waals surface area contributed by atoms with Crippen LogP contribution in [0.25, 0.3) is 0 Å². The number of hydrogen-bond donors (Lipinski definition) is 2. The fraction of sp³-hybridized carbons (Fsp3) is 0.458. The molecule has 0 spiro atoms. The predicted molar refractivity (Wildman–Crippen MR) is 130 cm³/mol. The third-order valence-electron chi connectivity index (χ3n) is 5.78. The maximum atomic E-state index is 13.2. The Morgan fingerprint density at radius 2 is 1.84 bits per heavy atom. The second-order valence-electron chi connectivity index (χ2n) is 8.08. The van der Waals surface area contributed by atoms with E-state index in [4.69, 9.17) is 0 Å². The Hall–Kier alpha value is -2.58. The molecule has 1 aliphatic rings. The van der Waals surface area contributed by atoms with Gasteiger partial charge in [0.05, 0.1) is 16.3 Å². The number of unbranched alkanes of at least 4 members (excludes halogenated alkanes) is 1. The highest BCUT2D eigenvalue weighted by Gasteiger charge is 2.23. The van der Waals surface area contributed by atoms with E-state index in [1.807, 2.05) is 24.0 Å². The van der Waals surface area contributed by atoms with Crippen LogP contribution in [0, 0.1) is 6.92 Å². The van der Waals surface area contributed by atoms with E-state index in [9.17, 15) is 13.2 Å². The van der Waals surface area contributed by atoms with Crippen molar-refractivity contribution < 1.29 is 13.2 Å². The molecule has 1 aliphatic heterocycles. The van der Waals surface area contributed by atoms with Crippen LogP contribution in [0.4, 0.5) is 11.4 Å². The molecule has 8 heteroatoms. The lowest BCUT2D eigenvalue weighted by Crippen LogP contribution is -2.43. The van der Waals surface area contributed by atoms with Crippen LogP contribution >= 0.6 is 0 Å². The Morgan fingerprint density at radius 1 is 1.12 bits per heavy atom. The molecule has 0 radical (unpaired) electrons. The summed E-state index contributed by atoms with van der Waals surface area (Å²) in [5, 5.41) is 3.32. The van der Waals surface area contributed by atoms with Gasteiger partial charge in [-0.05, 0) is 50.1 Å². The molecule has 2 aromatic carbocycles. The number of rotatable bonds is 9. The van der Waals surface area contributed by atoms with E-state index in [2.05, 4.69) is 21.9 Å². The zero-order valence-corrected chi connectivity index (χ0v) is 20.0. The lowest BCUT2D eigenvalue weighted by atomic mass is 10.1. The number of carbonyl (C=O) groups is 1. The quantitative estimate of drug-likeness (QED) is 0.601. The van der Waals surface area contributed by atoms with Crippen LogP contribution in [-0.4, -0.2) is 58.5 Å². The number of benzene rings is 2. The predicted octanol–water partition coefficient (Wildman–Crippen LogP) is 3.47. The van der Waals surface area contributed by atoms with Crippen molar-refractivity contribution in [3.63, 3.8) is 0 Å². The summed E-state index contributed by atoms with van der Waals surface area (Å²) >= 11 is 0. The molecule has 0 aromatic heterocycles. The van der Waals surface area contributed by atoms with E-state index in [-0.39, 0.29) is 10.8 Å². The molecule has 0 unspecified atom stereocenters. The van der Waals surface area contributed by atoms with E-state index < -0.39 is 10.0 Å². The summed E-state index contributed by atoms with van der Waals surface area (Å²) in [4.78, 5) is 17.3. The number of nitrogens with one attached hydrogen (secondary N) is 2. The minimum absolute atomic E-state index is 0.0795. The molecule has 0 bridgehead atoms. The molecule has 1 amide bonds. The van der Waals surface area contributed by atoms with Crippen LogP contribution < -0.4 is 14.9 Å². The molecule has 1 saturated heterocycles. The third kappa shape index (κ3) is 5.61. The summed E-state index contributed by atoms with van der Waals surface area (Å²) in [6.07, 6.45) is 1.94. The maximum absolute atomic E-state index is 13.2. The normalized spacial score (nSPS) is 14.3. The van der Waals surface area contributed by atoms with Crippen molar-refractivity contribution in [2.24, 2.45) is 0 Å². The molecule has 2 aromatic rings. The monoisotopic (exact) mass is 458 g/mol. The molecule has 2 N–H and O–H groups in total. The topological polar surface area (TPSA) is 81.8 Å². The van der Waals surface area contributed by atoms with Gasteiger partial charge >= 0.3 is 0 Å². The number of aryl methyl sites for hydroxylation is 1. The lowest BCUT2D eigenvalue weighted by Gasteiger charge is -2.31. The van der Waals surface area contributed by atoms with Gasteiger partial charge in [-0.15, -0.1) is 0 Å². The highest BCUT2D eigenvalue weighted by Crippen LogP contribution is 2.31. The molecular formula is C24H34N4O3S. The summed E-state index contributed by atoms with van der Waals surface area (Å²) < 4.78 is 29.2. The average Bonchev–Trinajstić information content (AvgIpc) is 2.80. The van der Waals surface area contributed by atoms with Gasteiger partial charge in [0.25, 0.3) is 15.9 Å². The molecule has 1 heterocycles. The summed E-state index contributed by atoms with van der Waals surface area (Å²) in [6, 6.07) is 12.3. The van der Waals surface area contributed by atoms with Crippen molar-refractivity contribution in [1.82, 2.24) is 10.2 Å². The highest BCUT2D eigenvalue weighted by molar-refractivity contribution is 7.92. The average molecular weight is 459 g/mol. The summed E-state index contributed by atoms with van der Waals surface area (Å²) in [5.74, 6) is -0.0795. The number of hydrogen-bond acceptors (Lipinski definition) is 5. The third-order valence-corrected chi connectivity index (χ3v) is 7.30. The molecule has 0 saturated carbocycles. The highest BCUT2D eigenvalue weighted by atomic mass is 32.2. The zero-order valence-electron chi connectivity index (χ0n) is 19.2. The van der Waals surface area contributed by atoms with Gasteiger partial charge in [-0.25, -0.2) is 8.42 Å². The Morgan fingerprint density at radius 3 is 2.50 bits per heavy atom. The van der Waals surface area contributed by atoms with Crippen molar-refractivity contribution in [3.05, 3.63) is 53.6 Å². The molecule has 1 fully saturated rings. The summed E-state index contributed by atoms with van der Waals surface area (Å²) in [6.45, 7) is 10.3. The van der Waals surface area contributed by atoms with Gasteiger partial charge in [-0.2, -0.15) is 0 Å². The van der Waals surface area contributed by atoms with Crippen LogP contribution in [0.2, 0.25) is 0 Å². The van der Waals surface area contributed by atoms with Crippen LogP contribution in [0.15, 0.2) is 47.4 Å². The van der Waals surface area contributed by atoms with Gasteiger partial charge in [-0.1, -0.05) is 31.5 Å². The van der Waals surface area contributed by atoms with Crippen molar-refractivity contribution in [2.75, 3.05) is 48.9 Å². The van der Waals surface area contributed by atoms with E-state index >= 15 is 0 Å². The van der Waals surface area contributed by atoms with E-state index in [1.165, 1.54) is 0 Å². The fourth-order valence-electron chi connectivity index (χ4n) is 3.92. The van der Waals surface area contributed by atoms with Crippen LogP contribution in [0.3, 0.4) is 0 Å². The molecule has 174 valence electrons.